The van der Waals surface area contributed by atoms with Gasteiger partial charge in [-0.25, -0.2) is 13.1 Å². The molecule has 3 fully saturated rings. The minimum absolute atomic E-state index is 0. The fraction of sp³-hybridized carbons (Fsp3) is 0.588. The van der Waals surface area contributed by atoms with E-state index in [1.807, 2.05) is 0 Å². The van der Waals surface area contributed by atoms with Gasteiger partial charge in [0.2, 0.25) is 10.0 Å². The third kappa shape index (κ3) is 4.34. The van der Waals surface area contributed by atoms with E-state index in [1.165, 1.54) is 25.0 Å². The van der Waals surface area contributed by atoms with Crippen molar-refractivity contribution in [2.45, 2.75) is 67.6 Å². The van der Waals surface area contributed by atoms with Gasteiger partial charge >= 0.3 is 0 Å². The Hall–Kier alpha value is -1.15. The van der Waals surface area contributed by atoms with Gasteiger partial charge in [-0.05, 0) is 56.7 Å². The van der Waals surface area contributed by atoms with Gasteiger partial charge in [-0.15, -0.1) is 12.4 Å². The zero-order valence-corrected chi connectivity index (χ0v) is 15.5. The van der Waals surface area contributed by atoms with Crippen molar-refractivity contribution in [3.8, 4) is 0 Å². The quantitative estimate of drug-likeness (QED) is 0.717. The van der Waals surface area contributed by atoms with E-state index in [2.05, 4.69) is 15.4 Å². The number of fused-ring (bicyclic) bond motifs is 2. The summed E-state index contributed by atoms with van der Waals surface area (Å²) in [5, 5.41) is 6.62. The number of amides is 1. The van der Waals surface area contributed by atoms with E-state index in [1.54, 1.807) is 12.1 Å². The summed E-state index contributed by atoms with van der Waals surface area (Å²) >= 11 is 0. The van der Waals surface area contributed by atoms with Crippen LogP contribution in [0.15, 0.2) is 29.2 Å². The molecule has 6 nitrogen and oxygen atoms in total. The van der Waals surface area contributed by atoms with E-state index in [0.29, 0.717) is 17.6 Å². The molecule has 2 aliphatic heterocycles. The number of hydrogen-bond acceptors (Lipinski definition) is 4. The predicted octanol–water partition coefficient (Wildman–Crippen LogP) is 1.56. The molecule has 2 atom stereocenters. The fourth-order valence-corrected chi connectivity index (χ4v) is 5.09. The molecule has 0 spiro atoms. The molecule has 3 N–H and O–H groups in total. The van der Waals surface area contributed by atoms with E-state index >= 15 is 0 Å². The second-order valence-corrected chi connectivity index (χ2v) is 8.92. The van der Waals surface area contributed by atoms with Crippen LogP contribution < -0.4 is 15.4 Å². The van der Waals surface area contributed by atoms with Crippen LogP contribution in [0.4, 0.5) is 0 Å². The van der Waals surface area contributed by atoms with Crippen LogP contribution in [0.1, 0.15) is 48.9 Å². The van der Waals surface area contributed by atoms with Crippen LogP contribution in [-0.4, -0.2) is 38.5 Å². The van der Waals surface area contributed by atoms with Gasteiger partial charge in [-0.2, -0.15) is 0 Å². The minimum atomic E-state index is -3.53. The summed E-state index contributed by atoms with van der Waals surface area (Å²) < 4.78 is 27.2. The van der Waals surface area contributed by atoms with Gasteiger partial charge in [0.1, 0.15) is 0 Å². The number of piperidine rings is 1. The Labute approximate surface area is 154 Å². The second-order valence-electron chi connectivity index (χ2n) is 7.20. The molecule has 0 radical (unpaired) electrons. The van der Waals surface area contributed by atoms with Gasteiger partial charge in [-0.3, -0.25) is 4.79 Å². The topological polar surface area (TPSA) is 87.3 Å². The maximum absolute atomic E-state index is 12.5. The molecule has 2 bridgehead atoms. The lowest BCUT2D eigenvalue weighted by atomic mass is 9.99. The molecule has 1 aromatic rings. The highest BCUT2D eigenvalue weighted by atomic mass is 35.5. The van der Waals surface area contributed by atoms with Crippen molar-refractivity contribution in [2.24, 2.45) is 0 Å². The Morgan fingerprint density at radius 3 is 2.36 bits per heavy atom. The fourth-order valence-electron chi connectivity index (χ4n) is 3.74. The number of carbonyl (C=O) groups excluding carboxylic acids is 1. The number of nitrogens with one attached hydrogen (secondary N) is 3. The summed E-state index contributed by atoms with van der Waals surface area (Å²) in [5.41, 5.74) is 0.402. The van der Waals surface area contributed by atoms with Gasteiger partial charge in [0.25, 0.3) is 5.91 Å². The lowest BCUT2D eigenvalue weighted by Crippen LogP contribution is -2.48. The lowest BCUT2D eigenvalue weighted by Gasteiger charge is -2.29. The first kappa shape index (κ1) is 18.6. The van der Waals surface area contributed by atoms with Crippen LogP contribution in [0.3, 0.4) is 0 Å². The highest BCUT2D eigenvalue weighted by Gasteiger charge is 2.34. The van der Waals surface area contributed by atoms with Crippen molar-refractivity contribution in [3.05, 3.63) is 29.8 Å². The van der Waals surface area contributed by atoms with Crippen LogP contribution in [-0.2, 0) is 10.0 Å². The van der Waals surface area contributed by atoms with E-state index in [-0.39, 0.29) is 35.3 Å². The predicted molar refractivity (Wildman–Crippen MR) is 97.5 cm³/mol. The van der Waals surface area contributed by atoms with Gasteiger partial charge in [0.15, 0.2) is 0 Å². The first-order chi connectivity index (χ1) is 11.5. The molecule has 2 saturated heterocycles. The van der Waals surface area contributed by atoms with Crippen molar-refractivity contribution in [2.75, 3.05) is 0 Å². The molecule has 4 rings (SSSR count). The van der Waals surface area contributed by atoms with Crippen molar-refractivity contribution < 1.29 is 13.2 Å². The number of carbonyl (C=O) groups is 1. The standard InChI is InChI=1S/C17H23N3O3S.ClH/c21-17(19-15-9-13-6-7-14(10-15)18-13)11-2-1-3-16(8-11)24(22,23)20-12-4-5-12;/h1-3,8,12-15,18,20H,4-7,9-10H2,(H,19,21);1H. The summed E-state index contributed by atoms with van der Waals surface area (Å²) in [6.45, 7) is 0. The summed E-state index contributed by atoms with van der Waals surface area (Å²) in [4.78, 5) is 12.7. The van der Waals surface area contributed by atoms with Crippen LogP contribution >= 0.6 is 12.4 Å². The monoisotopic (exact) mass is 385 g/mol. The van der Waals surface area contributed by atoms with Gasteiger partial charge < -0.3 is 10.6 Å². The Morgan fingerprint density at radius 2 is 1.72 bits per heavy atom. The third-order valence-electron chi connectivity index (χ3n) is 5.11. The van der Waals surface area contributed by atoms with Gasteiger partial charge in [0.05, 0.1) is 4.90 Å². The number of benzene rings is 1. The molecule has 2 unspecified atom stereocenters. The molecule has 1 saturated carbocycles. The average molecular weight is 386 g/mol. The minimum Gasteiger partial charge on any atom is -0.349 e. The molecule has 0 aromatic heterocycles. The molecular weight excluding hydrogens is 362 g/mol. The van der Waals surface area contributed by atoms with Crippen LogP contribution in [0.5, 0.6) is 0 Å². The molecule has 25 heavy (non-hydrogen) atoms. The number of sulfonamides is 1. The molecule has 8 heteroatoms. The summed E-state index contributed by atoms with van der Waals surface area (Å²) in [6.07, 6.45) is 6.02. The van der Waals surface area contributed by atoms with E-state index in [0.717, 1.165) is 25.7 Å². The van der Waals surface area contributed by atoms with E-state index in [4.69, 9.17) is 0 Å². The molecule has 138 valence electrons. The van der Waals surface area contributed by atoms with Gasteiger partial charge in [0, 0.05) is 29.7 Å². The van der Waals surface area contributed by atoms with Crippen LogP contribution in [0.2, 0.25) is 0 Å². The van der Waals surface area contributed by atoms with Crippen LogP contribution in [0, 0.1) is 0 Å². The number of hydrogen-bond donors (Lipinski definition) is 3. The van der Waals surface area contributed by atoms with Gasteiger partial charge in [-0.1, -0.05) is 6.07 Å². The average Bonchev–Trinajstić information content (AvgIpc) is 3.29. The largest absolute Gasteiger partial charge is 0.349 e. The first-order valence-corrected chi connectivity index (χ1v) is 10.2. The highest BCUT2D eigenvalue weighted by molar-refractivity contribution is 7.89. The maximum atomic E-state index is 12.5. The van der Waals surface area contributed by atoms with Crippen molar-refractivity contribution in [1.29, 1.82) is 0 Å². The molecule has 3 aliphatic rings. The first-order valence-electron chi connectivity index (χ1n) is 8.69. The molecule has 1 amide bonds. The molecule has 1 aliphatic carbocycles. The molecule has 1 aromatic carbocycles. The Kier molecular flexibility index (Phi) is 5.39. The van der Waals surface area contributed by atoms with E-state index in [9.17, 15) is 13.2 Å². The number of halogens is 1. The summed E-state index contributed by atoms with van der Waals surface area (Å²) in [6, 6.07) is 7.52. The van der Waals surface area contributed by atoms with Crippen LogP contribution in [0.25, 0.3) is 0 Å². The number of rotatable bonds is 5. The van der Waals surface area contributed by atoms with Crippen molar-refractivity contribution >= 4 is 28.3 Å². The van der Waals surface area contributed by atoms with E-state index < -0.39 is 10.0 Å². The maximum Gasteiger partial charge on any atom is 0.251 e. The summed E-state index contributed by atoms with van der Waals surface area (Å²) in [5.74, 6) is -0.190. The van der Waals surface area contributed by atoms with Crippen molar-refractivity contribution in [3.63, 3.8) is 0 Å². The Morgan fingerprint density at radius 1 is 1.04 bits per heavy atom. The zero-order valence-electron chi connectivity index (χ0n) is 13.9. The zero-order chi connectivity index (χ0) is 16.7. The molecular formula is C17H24ClN3O3S. The smallest absolute Gasteiger partial charge is 0.251 e. The molecule has 2 heterocycles. The third-order valence-corrected chi connectivity index (χ3v) is 6.63. The Bertz CT molecular complexity index is 739. The SMILES string of the molecule is Cl.O=C(NC1CC2CCC(C1)N2)c1cccc(S(=O)(=O)NC2CC2)c1. The highest BCUT2D eigenvalue weighted by Crippen LogP contribution is 2.27. The summed E-state index contributed by atoms with van der Waals surface area (Å²) in [7, 11) is -3.53. The normalized spacial score (nSPS) is 28.2. The Balaban J connectivity index is 0.00000182. The van der Waals surface area contributed by atoms with Crippen molar-refractivity contribution in [1.82, 2.24) is 15.4 Å². The second kappa shape index (κ2) is 7.23. The lowest BCUT2D eigenvalue weighted by molar-refractivity contribution is 0.0923.